The van der Waals surface area contributed by atoms with Crippen molar-refractivity contribution >= 4 is 21.6 Å². The van der Waals surface area contributed by atoms with Crippen molar-refractivity contribution in [1.82, 2.24) is 4.98 Å². The second kappa shape index (κ2) is 3.99. The molecule has 0 spiro atoms. The van der Waals surface area contributed by atoms with Crippen LogP contribution in [0.15, 0.2) is 18.5 Å². The van der Waals surface area contributed by atoms with Crippen LogP contribution in [0.1, 0.15) is 5.56 Å². The molecule has 1 aromatic heterocycles. The number of alkyl halides is 1. The van der Waals surface area contributed by atoms with Crippen molar-refractivity contribution in [2.24, 2.45) is 0 Å². The summed E-state index contributed by atoms with van der Waals surface area (Å²) >= 11 is 3.20. The number of nitrogens with zero attached hydrogens (tertiary/aromatic N) is 1. The molecule has 0 amide bonds. The molecule has 3 heteroatoms. The molecule has 0 fully saturated rings. The number of nitrogens with two attached hydrogens (primary N) is 1. The zero-order valence-electron chi connectivity index (χ0n) is 5.84. The predicted octanol–water partition coefficient (Wildman–Crippen LogP) is 1.41. The Morgan fingerprint density at radius 3 is 3.09 bits per heavy atom. The minimum Gasteiger partial charge on any atom is -0.398 e. The Bertz CT molecular complexity index is 298. The van der Waals surface area contributed by atoms with Gasteiger partial charge in [-0.3, -0.25) is 4.98 Å². The number of halogens is 1. The summed E-state index contributed by atoms with van der Waals surface area (Å²) in [4.78, 5) is 3.90. The average Bonchev–Trinajstić information content (AvgIpc) is 2.03. The largest absolute Gasteiger partial charge is 0.398 e. The number of hydrogen-bond acceptors (Lipinski definition) is 2. The molecule has 0 saturated carbocycles. The van der Waals surface area contributed by atoms with Gasteiger partial charge in [-0.05, 0) is 6.07 Å². The lowest BCUT2D eigenvalue weighted by atomic mass is 10.2. The summed E-state index contributed by atoms with van der Waals surface area (Å²) in [5.41, 5.74) is 7.06. The van der Waals surface area contributed by atoms with Crippen LogP contribution in [0.25, 0.3) is 0 Å². The van der Waals surface area contributed by atoms with Crippen LogP contribution in [-0.4, -0.2) is 10.3 Å². The van der Waals surface area contributed by atoms with E-state index in [0.29, 0.717) is 11.0 Å². The first kappa shape index (κ1) is 8.09. The predicted molar refractivity (Wildman–Crippen MR) is 49.3 cm³/mol. The molecule has 1 aromatic rings. The highest BCUT2D eigenvalue weighted by atomic mass is 79.9. The third-order valence-electron chi connectivity index (χ3n) is 1.14. The summed E-state index contributed by atoms with van der Waals surface area (Å²) in [7, 11) is 0. The van der Waals surface area contributed by atoms with Gasteiger partial charge in [0.15, 0.2) is 0 Å². The lowest BCUT2D eigenvalue weighted by molar-refractivity contribution is 1.32. The third-order valence-corrected chi connectivity index (χ3v) is 1.43. The molecule has 0 unspecified atom stereocenters. The zero-order valence-corrected chi connectivity index (χ0v) is 7.43. The summed E-state index contributed by atoms with van der Waals surface area (Å²) in [5, 5.41) is 0.654. The van der Waals surface area contributed by atoms with Gasteiger partial charge in [0, 0.05) is 12.4 Å². The summed E-state index contributed by atoms with van der Waals surface area (Å²) < 4.78 is 0. The van der Waals surface area contributed by atoms with Crippen molar-refractivity contribution in [3.05, 3.63) is 24.0 Å². The molecule has 0 atom stereocenters. The Morgan fingerprint density at radius 2 is 2.45 bits per heavy atom. The third kappa shape index (κ3) is 2.24. The van der Waals surface area contributed by atoms with E-state index in [4.69, 9.17) is 5.73 Å². The topological polar surface area (TPSA) is 38.9 Å². The molecular formula is C8H7BrN2. The summed E-state index contributed by atoms with van der Waals surface area (Å²) in [6, 6.07) is 1.73. The smallest absolute Gasteiger partial charge is 0.0658 e. The van der Waals surface area contributed by atoms with E-state index >= 15 is 0 Å². The number of anilines is 1. The van der Waals surface area contributed by atoms with E-state index in [0.717, 1.165) is 5.56 Å². The van der Waals surface area contributed by atoms with Crippen LogP contribution in [0, 0.1) is 11.8 Å². The Labute approximate surface area is 74.0 Å². The minimum absolute atomic E-state index is 0.654. The second-order valence-corrected chi connectivity index (χ2v) is 2.46. The van der Waals surface area contributed by atoms with Crippen molar-refractivity contribution in [3.8, 4) is 11.8 Å². The van der Waals surface area contributed by atoms with Gasteiger partial charge in [-0.15, -0.1) is 0 Å². The van der Waals surface area contributed by atoms with Crippen LogP contribution < -0.4 is 5.73 Å². The Hall–Kier alpha value is -1.01. The van der Waals surface area contributed by atoms with Crippen molar-refractivity contribution in [2.75, 3.05) is 11.1 Å². The van der Waals surface area contributed by atoms with Gasteiger partial charge in [-0.2, -0.15) is 0 Å². The molecule has 56 valence electrons. The summed E-state index contributed by atoms with van der Waals surface area (Å²) in [6.45, 7) is 0. The molecule has 1 heterocycles. The molecule has 2 nitrogen and oxygen atoms in total. The van der Waals surface area contributed by atoms with E-state index in [2.05, 4.69) is 32.8 Å². The van der Waals surface area contributed by atoms with E-state index < -0.39 is 0 Å². The van der Waals surface area contributed by atoms with E-state index in [-0.39, 0.29) is 0 Å². The van der Waals surface area contributed by atoms with Gasteiger partial charge in [-0.25, -0.2) is 0 Å². The van der Waals surface area contributed by atoms with Gasteiger partial charge < -0.3 is 5.73 Å². The van der Waals surface area contributed by atoms with Crippen LogP contribution in [0.3, 0.4) is 0 Å². The van der Waals surface area contributed by atoms with Gasteiger partial charge >= 0.3 is 0 Å². The van der Waals surface area contributed by atoms with Crippen LogP contribution in [0.2, 0.25) is 0 Å². The Balaban J connectivity index is 2.95. The first-order valence-electron chi connectivity index (χ1n) is 3.09. The molecule has 0 aromatic carbocycles. The van der Waals surface area contributed by atoms with Gasteiger partial charge in [0.05, 0.1) is 16.6 Å². The normalized spacial score (nSPS) is 8.45. The quantitative estimate of drug-likeness (QED) is 0.520. The highest BCUT2D eigenvalue weighted by Gasteiger charge is 1.90. The fraction of sp³-hybridized carbons (Fsp3) is 0.125. The van der Waals surface area contributed by atoms with Gasteiger partial charge in [0.25, 0.3) is 0 Å². The van der Waals surface area contributed by atoms with Crippen LogP contribution in [0.5, 0.6) is 0 Å². The average molecular weight is 211 g/mol. The maximum atomic E-state index is 5.60. The lowest BCUT2D eigenvalue weighted by Crippen LogP contribution is -1.89. The van der Waals surface area contributed by atoms with E-state index in [9.17, 15) is 0 Å². The van der Waals surface area contributed by atoms with E-state index in [1.807, 2.05) is 0 Å². The van der Waals surface area contributed by atoms with Gasteiger partial charge in [-0.1, -0.05) is 27.8 Å². The number of pyridine rings is 1. The standard InChI is InChI=1S/C8H7BrN2/c9-4-1-2-7-6-11-5-3-8(7)10/h3,5-6H,4H2,(H2,10,11). The fourth-order valence-corrected chi connectivity index (χ4v) is 0.778. The molecular weight excluding hydrogens is 204 g/mol. The lowest BCUT2D eigenvalue weighted by Gasteiger charge is -1.93. The maximum Gasteiger partial charge on any atom is 0.0658 e. The van der Waals surface area contributed by atoms with Crippen molar-refractivity contribution < 1.29 is 0 Å². The second-order valence-electron chi connectivity index (χ2n) is 1.90. The molecule has 11 heavy (non-hydrogen) atoms. The van der Waals surface area contributed by atoms with Crippen LogP contribution in [-0.2, 0) is 0 Å². The van der Waals surface area contributed by atoms with E-state index in [1.165, 1.54) is 0 Å². The monoisotopic (exact) mass is 210 g/mol. The molecule has 1 rings (SSSR count). The van der Waals surface area contributed by atoms with Crippen molar-refractivity contribution in [1.29, 1.82) is 0 Å². The molecule has 0 aliphatic carbocycles. The highest BCUT2D eigenvalue weighted by molar-refractivity contribution is 9.09. The fourth-order valence-electron chi connectivity index (χ4n) is 0.638. The molecule has 0 aliphatic heterocycles. The first-order chi connectivity index (χ1) is 5.34. The Morgan fingerprint density at radius 1 is 1.64 bits per heavy atom. The van der Waals surface area contributed by atoms with Crippen molar-refractivity contribution in [2.45, 2.75) is 0 Å². The number of aromatic nitrogens is 1. The molecule has 2 N–H and O–H groups in total. The van der Waals surface area contributed by atoms with Crippen molar-refractivity contribution in [3.63, 3.8) is 0 Å². The number of hydrogen-bond donors (Lipinski definition) is 1. The van der Waals surface area contributed by atoms with Gasteiger partial charge in [0.2, 0.25) is 0 Å². The SMILES string of the molecule is Nc1ccncc1C#CCBr. The molecule has 0 saturated heterocycles. The Kier molecular flexibility index (Phi) is 2.94. The van der Waals surface area contributed by atoms with E-state index in [1.54, 1.807) is 18.5 Å². The summed E-state index contributed by atoms with van der Waals surface area (Å²) in [5.74, 6) is 5.73. The number of rotatable bonds is 0. The number of nitrogen functional groups attached to an aromatic ring is 1. The maximum absolute atomic E-state index is 5.60. The molecule has 0 aliphatic rings. The van der Waals surface area contributed by atoms with Gasteiger partial charge in [0.1, 0.15) is 0 Å². The zero-order chi connectivity index (χ0) is 8.10. The molecule has 0 bridgehead atoms. The van der Waals surface area contributed by atoms with Crippen LogP contribution >= 0.6 is 15.9 Å². The van der Waals surface area contributed by atoms with Crippen LogP contribution in [0.4, 0.5) is 5.69 Å². The summed E-state index contributed by atoms with van der Waals surface area (Å²) in [6.07, 6.45) is 3.31. The first-order valence-corrected chi connectivity index (χ1v) is 4.21. The minimum atomic E-state index is 0.654. The highest BCUT2D eigenvalue weighted by Crippen LogP contribution is 2.05. The molecule has 0 radical (unpaired) electrons.